The number of hydrogen-bond donors (Lipinski definition) is 0. The predicted molar refractivity (Wildman–Crippen MR) is 89.2 cm³/mol. The number of allylic oxidation sites excluding steroid dienone is 3. The maximum Gasteiger partial charge on any atom is 0.131 e. The van der Waals surface area contributed by atoms with E-state index in [-0.39, 0.29) is 0 Å². The lowest BCUT2D eigenvalue weighted by atomic mass is 10.0. The molecule has 0 amide bonds. The van der Waals surface area contributed by atoms with Crippen LogP contribution in [0.2, 0.25) is 0 Å². The third kappa shape index (κ3) is 5.78. The lowest BCUT2D eigenvalue weighted by molar-refractivity contribution is 0.0497. The van der Waals surface area contributed by atoms with E-state index >= 15 is 0 Å². The van der Waals surface area contributed by atoms with Gasteiger partial charge in [-0.2, -0.15) is 0 Å². The largest absolute Gasteiger partial charge is 0.493 e. The van der Waals surface area contributed by atoms with E-state index < -0.39 is 0 Å². The molecule has 3 nitrogen and oxygen atoms in total. The van der Waals surface area contributed by atoms with Gasteiger partial charge in [0.2, 0.25) is 0 Å². The summed E-state index contributed by atoms with van der Waals surface area (Å²) in [4.78, 5) is 0. The van der Waals surface area contributed by atoms with Crippen molar-refractivity contribution in [1.29, 1.82) is 0 Å². The SMILES string of the molecule is C=C(C)/C=C\C(=C)Oc1cccc(OCC2CCOCC2)c1. The van der Waals surface area contributed by atoms with E-state index in [9.17, 15) is 0 Å². The van der Waals surface area contributed by atoms with Gasteiger partial charge in [0.1, 0.15) is 17.3 Å². The fourth-order valence-electron chi connectivity index (χ4n) is 2.18. The van der Waals surface area contributed by atoms with Crippen molar-refractivity contribution < 1.29 is 14.2 Å². The van der Waals surface area contributed by atoms with Crippen molar-refractivity contribution in [2.45, 2.75) is 19.8 Å². The van der Waals surface area contributed by atoms with Crippen molar-refractivity contribution in [3.05, 3.63) is 60.9 Å². The van der Waals surface area contributed by atoms with Crippen LogP contribution < -0.4 is 9.47 Å². The molecule has 0 aromatic heterocycles. The van der Waals surface area contributed by atoms with Gasteiger partial charge < -0.3 is 14.2 Å². The molecule has 1 fully saturated rings. The highest BCUT2D eigenvalue weighted by Gasteiger charge is 2.14. The van der Waals surface area contributed by atoms with Crippen LogP contribution >= 0.6 is 0 Å². The van der Waals surface area contributed by atoms with Gasteiger partial charge in [-0.05, 0) is 43.9 Å². The Morgan fingerprint density at radius 3 is 2.68 bits per heavy atom. The molecular weight excluding hydrogens is 276 g/mol. The summed E-state index contributed by atoms with van der Waals surface area (Å²) in [6, 6.07) is 7.64. The van der Waals surface area contributed by atoms with Crippen LogP contribution in [0, 0.1) is 5.92 Å². The second-order valence-corrected chi connectivity index (χ2v) is 5.59. The van der Waals surface area contributed by atoms with Crippen molar-refractivity contribution in [3.8, 4) is 11.5 Å². The Hall–Kier alpha value is -2.00. The zero-order valence-corrected chi connectivity index (χ0v) is 13.2. The zero-order valence-electron chi connectivity index (χ0n) is 13.2. The van der Waals surface area contributed by atoms with Gasteiger partial charge in [-0.15, -0.1) is 0 Å². The molecule has 2 rings (SSSR count). The normalized spacial score (nSPS) is 15.7. The summed E-state index contributed by atoms with van der Waals surface area (Å²) in [5, 5.41) is 0. The molecule has 3 heteroatoms. The molecular formula is C19H24O3. The fraction of sp³-hybridized carbons (Fsp3) is 0.368. The monoisotopic (exact) mass is 300 g/mol. The summed E-state index contributed by atoms with van der Waals surface area (Å²) in [5.74, 6) is 2.69. The molecule has 1 aromatic rings. The lowest BCUT2D eigenvalue weighted by Crippen LogP contribution is -2.21. The van der Waals surface area contributed by atoms with Crippen LogP contribution in [-0.4, -0.2) is 19.8 Å². The van der Waals surface area contributed by atoms with Crippen LogP contribution in [0.5, 0.6) is 11.5 Å². The molecule has 0 spiro atoms. The summed E-state index contributed by atoms with van der Waals surface area (Å²) >= 11 is 0. The molecule has 1 heterocycles. The number of ether oxygens (including phenoxy) is 3. The molecule has 1 aliphatic heterocycles. The highest BCUT2D eigenvalue weighted by molar-refractivity contribution is 5.35. The van der Waals surface area contributed by atoms with Crippen LogP contribution in [0.4, 0.5) is 0 Å². The number of rotatable bonds is 7. The van der Waals surface area contributed by atoms with E-state index in [2.05, 4.69) is 13.2 Å². The standard InChI is InChI=1S/C19H24O3/c1-15(2)7-8-16(3)22-19-6-4-5-18(13-19)21-14-17-9-11-20-12-10-17/h4-8,13,17H,1,3,9-12,14H2,2H3/b8-7-. The Morgan fingerprint density at radius 2 is 1.95 bits per heavy atom. The van der Waals surface area contributed by atoms with Crippen molar-refractivity contribution in [1.82, 2.24) is 0 Å². The third-order valence-electron chi connectivity index (χ3n) is 3.43. The highest BCUT2D eigenvalue weighted by atomic mass is 16.5. The first-order chi connectivity index (χ1) is 10.6. The van der Waals surface area contributed by atoms with Gasteiger partial charge in [0, 0.05) is 19.3 Å². The van der Waals surface area contributed by atoms with Crippen LogP contribution in [0.25, 0.3) is 0 Å². The van der Waals surface area contributed by atoms with Crippen LogP contribution in [0.15, 0.2) is 60.9 Å². The van der Waals surface area contributed by atoms with Gasteiger partial charge in [0.25, 0.3) is 0 Å². The summed E-state index contributed by atoms with van der Waals surface area (Å²) < 4.78 is 16.9. The van der Waals surface area contributed by atoms with E-state index in [1.54, 1.807) is 6.08 Å². The maximum absolute atomic E-state index is 5.87. The van der Waals surface area contributed by atoms with E-state index in [4.69, 9.17) is 14.2 Å². The summed E-state index contributed by atoms with van der Waals surface area (Å²) in [5.41, 5.74) is 0.957. The first-order valence-corrected chi connectivity index (χ1v) is 7.64. The minimum atomic E-state index is 0.574. The fourth-order valence-corrected chi connectivity index (χ4v) is 2.18. The van der Waals surface area contributed by atoms with Crippen LogP contribution in [0.3, 0.4) is 0 Å². The van der Waals surface area contributed by atoms with Crippen LogP contribution in [-0.2, 0) is 4.74 Å². The Bertz CT molecular complexity index is 539. The molecule has 0 unspecified atom stereocenters. The zero-order chi connectivity index (χ0) is 15.8. The van der Waals surface area contributed by atoms with Gasteiger partial charge in [-0.3, -0.25) is 0 Å². The molecule has 0 atom stereocenters. The maximum atomic E-state index is 5.87. The van der Waals surface area contributed by atoms with Crippen molar-refractivity contribution in [3.63, 3.8) is 0 Å². The van der Waals surface area contributed by atoms with Crippen molar-refractivity contribution in [2.75, 3.05) is 19.8 Å². The highest BCUT2D eigenvalue weighted by Crippen LogP contribution is 2.23. The Kier molecular flexibility index (Phi) is 6.28. The van der Waals surface area contributed by atoms with Gasteiger partial charge >= 0.3 is 0 Å². The quantitative estimate of drug-likeness (QED) is 0.547. The van der Waals surface area contributed by atoms with E-state index in [0.29, 0.717) is 11.7 Å². The van der Waals surface area contributed by atoms with E-state index in [1.165, 1.54) is 0 Å². The van der Waals surface area contributed by atoms with Gasteiger partial charge in [-0.1, -0.05) is 30.9 Å². The minimum absolute atomic E-state index is 0.574. The van der Waals surface area contributed by atoms with E-state index in [0.717, 1.165) is 49.7 Å². The summed E-state index contributed by atoms with van der Waals surface area (Å²) in [6.45, 7) is 12.0. The average Bonchev–Trinajstić information content (AvgIpc) is 2.52. The molecule has 1 aliphatic rings. The van der Waals surface area contributed by atoms with Crippen molar-refractivity contribution >= 4 is 0 Å². The Morgan fingerprint density at radius 1 is 1.23 bits per heavy atom. The minimum Gasteiger partial charge on any atom is -0.493 e. The molecule has 0 bridgehead atoms. The summed E-state index contributed by atoms with van der Waals surface area (Å²) in [6.07, 6.45) is 5.81. The lowest BCUT2D eigenvalue weighted by Gasteiger charge is -2.22. The van der Waals surface area contributed by atoms with Gasteiger partial charge in [-0.25, -0.2) is 0 Å². The molecule has 0 aliphatic carbocycles. The molecule has 0 saturated carbocycles. The molecule has 0 N–H and O–H groups in total. The Labute approximate surface area is 132 Å². The molecule has 22 heavy (non-hydrogen) atoms. The second kappa shape index (κ2) is 8.44. The third-order valence-corrected chi connectivity index (χ3v) is 3.43. The van der Waals surface area contributed by atoms with Gasteiger partial charge in [0.15, 0.2) is 0 Å². The molecule has 1 saturated heterocycles. The predicted octanol–water partition coefficient (Wildman–Crippen LogP) is 4.52. The molecule has 1 aromatic carbocycles. The van der Waals surface area contributed by atoms with Crippen molar-refractivity contribution in [2.24, 2.45) is 5.92 Å². The summed E-state index contributed by atoms with van der Waals surface area (Å²) in [7, 11) is 0. The second-order valence-electron chi connectivity index (χ2n) is 5.59. The number of hydrogen-bond acceptors (Lipinski definition) is 3. The topological polar surface area (TPSA) is 27.7 Å². The van der Waals surface area contributed by atoms with Gasteiger partial charge in [0.05, 0.1) is 6.61 Å². The first-order valence-electron chi connectivity index (χ1n) is 7.64. The Balaban J connectivity index is 1.86. The van der Waals surface area contributed by atoms with E-state index in [1.807, 2.05) is 37.3 Å². The number of benzene rings is 1. The van der Waals surface area contributed by atoms with Crippen LogP contribution in [0.1, 0.15) is 19.8 Å². The first kappa shape index (κ1) is 16.4. The smallest absolute Gasteiger partial charge is 0.131 e. The molecule has 118 valence electrons. The molecule has 0 radical (unpaired) electrons. The average molecular weight is 300 g/mol.